The highest BCUT2D eigenvalue weighted by molar-refractivity contribution is 9.10. The fourth-order valence-electron chi connectivity index (χ4n) is 4.63. The first-order valence-electron chi connectivity index (χ1n) is 13.0. The molecule has 0 radical (unpaired) electrons. The maximum absolute atomic E-state index is 13.6. The zero-order chi connectivity index (χ0) is 28.0. The lowest BCUT2D eigenvalue weighted by atomic mass is 10.00. The van der Waals surface area contributed by atoms with Crippen LogP contribution in [0.25, 0.3) is 10.9 Å². The van der Waals surface area contributed by atoms with Gasteiger partial charge in [0.2, 0.25) is 15.9 Å². The second kappa shape index (κ2) is 12.9. The predicted molar refractivity (Wildman–Crippen MR) is 158 cm³/mol. The number of benzene rings is 3. The Morgan fingerprint density at radius 1 is 0.974 bits per heavy atom. The van der Waals surface area contributed by atoms with Gasteiger partial charge >= 0.3 is 0 Å². The van der Waals surface area contributed by atoms with E-state index in [-0.39, 0.29) is 36.2 Å². The topological polar surface area (TPSA) is 102 Å². The highest BCUT2D eigenvalue weighted by Gasteiger charge is 2.31. The van der Waals surface area contributed by atoms with Gasteiger partial charge in [-0.3, -0.25) is 4.79 Å². The third-order valence-corrected chi connectivity index (χ3v) is 8.92. The fourth-order valence-corrected chi connectivity index (χ4v) is 6.52. The summed E-state index contributed by atoms with van der Waals surface area (Å²) in [6.07, 6.45) is 1.17. The second-order valence-electron chi connectivity index (χ2n) is 10.1. The van der Waals surface area contributed by atoms with Crippen molar-refractivity contribution < 1.29 is 18.3 Å². The number of sulfonamides is 1. The van der Waals surface area contributed by atoms with Crippen LogP contribution in [0.1, 0.15) is 25.0 Å². The molecule has 0 spiro atoms. The lowest BCUT2D eigenvalue weighted by Gasteiger charge is -2.30. The number of amides is 1. The number of halogens is 1. The summed E-state index contributed by atoms with van der Waals surface area (Å²) < 4.78 is 29.2. The Kier molecular flexibility index (Phi) is 9.61. The lowest BCUT2D eigenvalue weighted by molar-refractivity contribution is -0.122. The summed E-state index contributed by atoms with van der Waals surface area (Å²) in [6, 6.07) is 23.1. The molecule has 0 aliphatic heterocycles. The molecule has 3 aromatic carbocycles. The van der Waals surface area contributed by atoms with Crippen molar-refractivity contribution in [2.45, 2.75) is 43.7 Å². The van der Waals surface area contributed by atoms with Crippen LogP contribution in [0.2, 0.25) is 0 Å². The zero-order valence-electron chi connectivity index (χ0n) is 22.0. The number of para-hydroxylation sites is 1. The number of aliphatic hydroxyl groups is 1. The van der Waals surface area contributed by atoms with E-state index in [0.29, 0.717) is 6.42 Å². The van der Waals surface area contributed by atoms with Crippen molar-refractivity contribution in [1.29, 1.82) is 0 Å². The first-order chi connectivity index (χ1) is 18.6. The maximum atomic E-state index is 13.6. The van der Waals surface area contributed by atoms with Crippen LogP contribution >= 0.6 is 15.9 Å². The fraction of sp³-hybridized carbons (Fsp3) is 0.300. The third-order valence-electron chi connectivity index (χ3n) is 6.55. The van der Waals surface area contributed by atoms with E-state index < -0.39 is 22.2 Å². The minimum absolute atomic E-state index is 0.0338. The molecule has 2 atom stereocenters. The highest BCUT2D eigenvalue weighted by Crippen LogP contribution is 2.22. The molecule has 0 bridgehead atoms. The molecule has 1 heterocycles. The van der Waals surface area contributed by atoms with E-state index in [1.165, 1.54) is 4.31 Å². The Bertz CT molecular complexity index is 1490. The van der Waals surface area contributed by atoms with Crippen molar-refractivity contribution in [3.8, 4) is 0 Å². The molecule has 0 saturated carbocycles. The summed E-state index contributed by atoms with van der Waals surface area (Å²) in [5, 5.41) is 15.4. The van der Waals surface area contributed by atoms with Crippen molar-refractivity contribution in [3.05, 3.63) is 101 Å². The second-order valence-corrected chi connectivity index (χ2v) is 13.0. The molecule has 9 heteroatoms. The first-order valence-corrected chi connectivity index (χ1v) is 15.2. The number of nitrogens with zero attached hydrogens (tertiary/aromatic N) is 1. The van der Waals surface area contributed by atoms with Gasteiger partial charge in [0.15, 0.2) is 0 Å². The molecule has 1 amide bonds. The first kappa shape index (κ1) is 29.0. The molecule has 39 heavy (non-hydrogen) atoms. The average Bonchev–Trinajstić information content (AvgIpc) is 3.31. The van der Waals surface area contributed by atoms with Gasteiger partial charge in [-0.1, -0.05) is 78.3 Å². The molecule has 1 aromatic heterocycles. The minimum Gasteiger partial charge on any atom is -0.390 e. The SMILES string of the molecule is CC(C)CN(C[C@@H](O)[C@H](Cc1ccccc1)NC(=O)Cc1c[nH]c2ccccc12)S(=O)(=O)c1ccc(Br)cc1. The molecular weight excluding hydrogens is 578 g/mol. The van der Waals surface area contributed by atoms with Gasteiger partial charge in [0.1, 0.15) is 0 Å². The molecule has 0 aliphatic rings. The summed E-state index contributed by atoms with van der Waals surface area (Å²) in [4.78, 5) is 16.5. The third kappa shape index (κ3) is 7.57. The van der Waals surface area contributed by atoms with E-state index in [1.54, 1.807) is 24.3 Å². The molecule has 7 nitrogen and oxygen atoms in total. The Morgan fingerprint density at radius 2 is 1.64 bits per heavy atom. The molecule has 3 N–H and O–H groups in total. The van der Waals surface area contributed by atoms with Crippen LogP contribution in [0.15, 0.2) is 94.4 Å². The summed E-state index contributed by atoms with van der Waals surface area (Å²) in [5.41, 5.74) is 2.74. The minimum atomic E-state index is -3.87. The predicted octanol–water partition coefficient (Wildman–Crippen LogP) is 4.91. The van der Waals surface area contributed by atoms with E-state index in [2.05, 4.69) is 26.2 Å². The quantitative estimate of drug-likeness (QED) is 0.212. The highest BCUT2D eigenvalue weighted by atomic mass is 79.9. The van der Waals surface area contributed by atoms with Gasteiger partial charge in [0.25, 0.3) is 0 Å². The van der Waals surface area contributed by atoms with Gasteiger partial charge in [-0.2, -0.15) is 4.31 Å². The van der Waals surface area contributed by atoms with Crippen LogP contribution in [0.5, 0.6) is 0 Å². The van der Waals surface area contributed by atoms with Gasteiger partial charge in [-0.05, 0) is 53.8 Å². The van der Waals surface area contributed by atoms with Crippen molar-refractivity contribution in [2.75, 3.05) is 13.1 Å². The number of hydrogen-bond donors (Lipinski definition) is 3. The van der Waals surface area contributed by atoms with Crippen molar-refractivity contribution in [3.63, 3.8) is 0 Å². The van der Waals surface area contributed by atoms with E-state index in [1.807, 2.05) is 74.6 Å². The van der Waals surface area contributed by atoms with E-state index >= 15 is 0 Å². The van der Waals surface area contributed by atoms with Crippen LogP contribution in [-0.4, -0.2) is 54.0 Å². The van der Waals surface area contributed by atoms with Gasteiger partial charge in [0.05, 0.1) is 23.5 Å². The molecule has 4 aromatic rings. The number of rotatable bonds is 12. The Hall–Kier alpha value is -2.98. The van der Waals surface area contributed by atoms with Crippen LogP contribution in [-0.2, 0) is 27.7 Å². The Balaban J connectivity index is 1.56. The zero-order valence-corrected chi connectivity index (χ0v) is 24.5. The monoisotopic (exact) mass is 611 g/mol. The van der Waals surface area contributed by atoms with Crippen LogP contribution in [0.4, 0.5) is 0 Å². The van der Waals surface area contributed by atoms with Gasteiger partial charge in [-0.25, -0.2) is 8.42 Å². The van der Waals surface area contributed by atoms with Crippen molar-refractivity contribution in [1.82, 2.24) is 14.6 Å². The summed E-state index contributed by atoms with van der Waals surface area (Å²) in [7, 11) is -3.87. The molecule has 0 aliphatic carbocycles. The number of aromatic amines is 1. The van der Waals surface area contributed by atoms with E-state index in [9.17, 15) is 18.3 Å². The Morgan fingerprint density at radius 3 is 2.33 bits per heavy atom. The van der Waals surface area contributed by atoms with Gasteiger partial charge < -0.3 is 15.4 Å². The van der Waals surface area contributed by atoms with Gasteiger partial charge in [0, 0.05) is 34.7 Å². The van der Waals surface area contributed by atoms with Crippen molar-refractivity contribution >= 4 is 42.8 Å². The number of carbonyl (C=O) groups is 1. The maximum Gasteiger partial charge on any atom is 0.243 e. The van der Waals surface area contributed by atoms with Crippen LogP contribution in [0.3, 0.4) is 0 Å². The van der Waals surface area contributed by atoms with Crippen LogP contribution in [0, 0.1) is 5.92 Å². The van der Waals surface area contributed by atoms with Gasteiger partial charge in [-0.15, -0.1) is 0 Å². The number of hydrogen-bond acceptors (Lipinski definition) is 4. The molecule has 0 unspecified atom stereocenters. The largest absolute Gasteiger partial charge is 0.390 e. The van der Waals surface area contributed by atoms with Crippen molar-refractivity contribution in [2.24, 2.45) is 5.92 Å². The number of aliphatic hydroxyl groups excluding tert-OH is 1. The smallest absolute Gasteiger partial charge is 0.243 e. The number of nitrogens with one attached hydrogen (secondary N) is 2. The molecule has 4 rings (SSSR count). The molecular formula is C30H34BrN3O4S. The van der Waals surface area contributed by atoms with Crippen LogP contribution < -0.4 is 5.32 Å². The number of H-pyrrole nitrogens is 1. The number of fused-ring (bicyclic) bond motifs is 1. The Labute approximate surface area is 238 Å². The number of aromatic nitrogens is 1. The average molecular weight is 613 g/mol. The molecule has 0 saturated heterocycles. The molecule has 0 fully saturated rings. The standard InChI is InChI=1S/C30H34BrN3O4S/c1-21(2)19-34(39(37,38)25-14-12-24(31)13-15-25)20-29(35)28(16-22-8-4-3-5-9-22)33-30(36)17-23-18-32-27-11-7-6-10-26(23)27/h3-15,18,21,28-29,32,35H,16-17,19-20H2,1-2H3,(H,33,36)/t28-,29+/m0/s1. The van der Waals surface area contributed by atoms with E-state index in [0.717, 1.165) is 26.5 Å². The lowest BCUT2D eigenvalue weighted by Crippen LogP contribution is -2.51. The summed E-state index contributed by atoms with van der Waals surface area (Å²) >= 11 is 3.35. The number of carbonyl (C=O) groups excluding carboxylic acids is 1. The summed E-state index contributed by atoms with van der Waals surface area (Å²) in [5.74, 6) is -0.211. The normalized spacial score (nSPS) is 13.6. The summed E-state index contributed by atoms with van der Waals surface area (Å²) in [6.45, 7) is 3.94. The van der Waals surface area contributed by atoms with E-state index in [4.69, 9.17) is 0 Å². The molecule has 206 valence electrons.